The van der Waals surface area contributed by atoms with E-state index >= 15 is 0 Å². The number of thiazole rings is 1. The highest BCUT2D eigenvalue weighted by Gasteiger charge is 2.18. The lowest BCUT2D eigenvalue weighted by molar-refractivity contribution is 0.102. The minimum absolute atomic E-state index is 0.125. The van der Waals surface area contributed by atoms with Gasteiger partial charge in [0, 0.05) is 30.6 Å². The van der Waals surface area contributed by atoms with E-state index in [0.717, 1.165) is 21.3 Å². The molecule has 0 aliphatic rings. The molecule has 0 radical (unpaired) electrons. The second-order valence-electron chi connectivity index (χ2n) is 7.24. The molecular weight excluding hydrogens is 458 g/mol. The number of carbonyl (C=O) groups is 1. The molecule has 0 bridgehead atoms. The van der Waals surface area contributed by atoms with Crippen LogP contribution in [0.5, 0.6) is 11.5 Å². The van der Waals surface area contributed by atoms with Crippen molar-refractivity contribution in [3.63, 3.8) is 0 Å². The van der Waals surface area contributed by atoms with Gasteiger partial charge in [0.05, 0.1) is 10.6 Å². The number of anilines is 1. The average Bonchev–Trinajstić information content (AvgIpc) is 3.28. The predicted octanol–water partition coefficient (Wildman–Crippen LogP) is 5.11. The van der Waals surface area contributed by atoms with Crippen LogP contribution in [-0.2, 0) is 10.0 Å². The maximum absolute atomic E-state index is 12.6. The molecule has 0 saturated carbocycles. The highest BCUT2D eigenvalue weighted by molar-refractivity contribution is 7.89. The standard InChI is InChI=1S/C24H21N3O4S2/c1-27(2)33(29,30)21-14-10-18(11-15-21)23(28)26-24-25-22(16-32-24)17-8-12-20(13-9-17)31-19-6-4-3-5-7-19/h3-16H,1-2H3,(H,25,26,28). The van der Waals surface area contributed by atoms with Crippen LogP contribution < -0.4 is 10.1 Å². The van der Waals surface area contributed by atoms with E-state index in [1.807, 2.05) is 60.0 Å². The third-order valence-corrected chi connectivity index (χ3v) is 7.34. The van der Waals surface area contributed by atoms with E-state index < -0.39 is 10.0 Å². The first-order valence-electron chi connectivity index (χ1n) is 9.96. The zero-order chi connectivity index (χ0) is 23.4. The van der Waals surface area contributed by atoms with E-state index in [2.05, 4.69) is 10.3 Å². The van der Waals surface area contributed by atoms with Crippen molar-refractivity contribution in [2.75, 3.05) is 19.4 Å². The number of para-hydroxylation sites is 1. The summed E-state index contributed by atoms with van der Waals surface area (Å²) in [6.07, 6.45) is 0. The van der Waals surface area contributed by atoms with Crippen molar-refractivity contribution in [2.45, 2.75) is 4.90 Å². The van der Waals surface area contributed by atoms with Gasteiger partial charge < -0.3 is 4.74 Å². The van der Waals surface area contributed by atoms with Crippen LogP contribution in [-0.4, -0.2) is 37.7 Å². The Morgan fingerprint density at radius 3 is 2.18 bits per heavy atom. The van der Waals surface area contributed by atoms with E-state index in [4.69, 9.17) is 4.74 Å². The van der Waals surface area contributed by atoms with Gasteiger partial charge in [-0.3, -0.25) is 10.1 Å². The van der Waals surface area contributed by atoms with Crippen LogP contribution in [0.25, 0.3) is 11.3 Å². The lowest BCUT2D eigenvalue weighted by Crippen LogP contribution is -2.22. The third-order valence-electron chi connectivity index (χ3n) is 4.75. The molecule has 0 unspecified atom stereocenters. The van der Waals surface area contributed by atoms with Crippen LogP contribution in [0.15, 0.2) is 89.1 Å². The first kappa shape index (κ1) is 22.7. The SMILES string of the molecule is CN(C)S(=O)(=O)c1ccc(C(=O)Nc2nc(-c3ccc(Oc4ccccc4)cc3)cs2)cc1. The average molecular weight is 480 g/mol. The van der Waals surface area contributed by atoms with Crippen molar-refractivity contribution in [1.82, 2.24) is 9.29 Å². The molecule has 0 aliphatic carbocycles. The number of nitrogens with zero attached hydrogens (tertiary/aromatic N) is 2. The molecule has 0 saturated heterocycles. The van der Waals surface area contributed by atoms with Crippen LogP contribution >= 0.6 is 11.3 Å². The molecule has 9 heteroatoms. The third kappa shape index (κ3) is 5.28. The number of hydrogen-bond acceptors (Lipinski definition) is 6. The number of ether oxygens (including phenoxy) is 1. The summed E-state index contributed by atoms with van der Waals surface area (Å²) in [6.45, 7) is 0. The Kier molecular flexibility index (Phi) is 6.55. The van der Waals surface area contributed by atoms with Crippen LogP contribution in [0, 0.1) is 0 Å². The van der Waals surface area contributed by atoms with E-state index in [-0.39, 0.29) is 10.8 Å². The lowest BCUT2D eigenvalue weighted by Gasteiger charge is -2.11. The minimum Gasteiger partial charge on any atom is -0.457 e. The fourth-order valence-electron chi connectivity index (χ4n) is 2.94. The molecule has 168 valence electrons. The Morgan fingerprint density at radius 2 is 1.55 bits per heavy atom. The normalized spacial score (nSPS) is 11.4. The number of benzene rings is 3. The number of carbonyl (C=O) groups excluding carboxylic acids is 1. The summed E-state index contributed by atoms with van der Waals surface area (Å²) < 4.78 is 31.3. The van der Waals surface area contributed by atoms with Gasteiger partial charge in [-0.2, -0.15) is 0 Å². The Labute approximate surface area is 196 Å². The maximum Gasteiger partial charge on any atom is 0.257 e. The van der Waals surface area contributed by atoms with Crippen molar-refractivity contribution < 1.29 is 17.9 Å². The number of hydrogen-bond donors (Lipinski definition) is 1. The van der Waals surface area contributed by atoms with Crippen molar-refractivity contribution in [3.05, 3.63) is 89.8 Å². The summed E-state index contributed by atoms with van der Waals surface area (Å²) in [5.74, 6) is 1.11. The topological polar surface area (TPSA) is 88.6 Å². The molecule has 0 fully saturated rings. The molecule has 0 atom stereocenters. The fourth-order valence-corrected chi connectivity index (χ4v) is 4.56. The lowest BCUT2D eigenvalue weighted by atomic mass is 10.2. The first-order chi connectivity index (χ1) is 15.8. The van der Waals surface area contributed by atoms with Gasteiger partial charge in [-0.25, -0.2) is 17.7 Å². The fraction of sp³-hybridized carbons (Fsp3) is 0.0833. The van der Waals surface area contributed by atoms with Gasteiger partial charge in [-0.1, -0.05) is 18.2 Å². The molecule has 0 spiro atoms. The molecular formula is C24H21N3O4S2. The monoisotopic (exact) mass is 479 g/mol. The Bertz CT molecular complexity index is 1350. The summed E-state index contributed by atoms with van der Waals surface area (Å²) in [5.41, 5.74) is 1.96. The molecule has 7 nitrogen and oxygen atoms in total. The van der Waals surface area contributed by atoms with Gasteiger partial charge >= 0.3 is 0 Å². The van der Waals surface area contributed by atoms with Crippen LogP contribution in [0.1, 0.15) is 10.4 Å². The Balaban J connectivity index is 1.42. The predicted molar refractivity (Wildman–Crippen MR) is 129 cm³/mol. The summed E-state index contributed by atoms with van der Waals surface area (Å²) >= 11 is 1.31. The van der Waals surface area contributed by atoms with Gasteiger partial charge in [0.2, 0.25) is 10.0 Å². The Hall–Kier alpha value is -3.53. The van der Waals surface area contributed by atoms with Crippen LogP contribution in [0.3, 0.4) is 0 Å². The van der Waals surface area contributed by atoms with Crippen LogP contribution in [0.2, 0.25) is 0 Å². The van der Waals surface area contributed by atoms with Crippen molar-refractivity contribution in [3.8, 4) is 22.8 Å². The zero-order valence-electron chi connectivity index (χ0n) is 17.9. The summed E-state index contributed by atoms with van der Waals surface area (Å²) in [5, 5.41) is 5.06. The summed E-state index contributed by atoms with van der Waals surface area (Å²) in [7, 11) is -0.628. The van der Waals surface area contributed by atoms with E-state index in [9.17, 15) is 13.2 Å². The number of sulfonamides is 1. The molecule has 1 amide bonds. The molecule has 1 N–H and O–H groups in total. The highest BCUT2D eigenvalue weighted by atomic mass is 32.2. The van der Waals surface area contributed by atoms with Crippen molar-refractivity contribution >= 4 is 32.4 Å². The first-order valence-corrected chi connectivity index (χ1v) is 12.3. The van der Waals surface area contributed by atoms with Gasteiger partial charge in [0.1, 0.15) is 11.5 Å². The number of amides is 1. The molecule has 3 aromatic carbocycles. The number of rotatable bonds is 7. The zero-order valence-corrected chi connectivity index (χ0v) is 19.6. The molecule has 33 heavy (non-hydrogen) atoms. The van der Waals surface area contributed by atoms with Gasteiger partial charge in [-0.05, 0) is 60.7 Å². The summed E-state index contributed by atoms with van der Waals surface area (Å²) in [6, 6.07) is 22.8. The van der Waals surface area contributed by atoms with E-state index in [1.165, 1.54) is 49.7 Å². The molecule has 1 aromatic heterocycles. The van der Waals surface area contributed by atoms with E-state index in [0.29, 0.717) is 16.4 Å². The smallest absolute Gasteiger partial charge is 0.257 e. The van der Waals surface area contributed by atoms with Gasteiger partial charge in [0.25, 0.3) is 5.91 Å². The molecule has 1 heterocycles. The highest BCUT2D eigenvalue weighted by Crippen LogP contribution is 2.28. The van der Waals surface area contributed by atoms with Crippen LogP contribution in [0.4, 0.5) is 5.13 Å². The largest absolute Gasteiger partial charge is 0.457 e. The second kappa shape index (κ2) is 9.53. The van der Waals surface area contributed by atoms with E-state index in [1.54, 1.807) is 0 Å². The van der Waals surface area contributed by atoms with Gasteiger partial charge in [-0.15, -0.1) is 11.3 Å². The number of aromatic nitrogens is 1. The number of nitrogens with one attached hydrogen (secondary N) is 1. The molecule has 4 aromatic rings. The Morgan fingerprint density at radius 1 is 0.909 bits per heavy atom. The maximum atomic E-state index is 12.6. The van der Waals surface area contributed by atoms with Crippen molar-refractivity contribution in [2.24, 2.45) is 0 Å². The quantitative estimate of drug-likeness (QED) is 0.398. The second-order valence-corrected chi connectivity index (χ2v) is 10.3. The van der Waals surface area contributed by atoms with Gasteiger partial charge in [0.15, 0.2) is 5.13 Å². The van der Waals surface area contributed by atoms with Crippen molar-refractivity contribution in [1.29, 1.82) is 0 Å². The molecule has 4 rings (SSSR count). The summed E-state index contributed by atoms with van der Waals surface area (Å²) in [4.78, 5) is 17.2. The molecule has 0 aliphatic heterocycles. The minimum atomic E-state index is -3.54.